The lowest BCUT2D eigenvalue weighted by Gasteiger charge is -2.30. The van der Waals surface area contributed by atoms with Gasteiger partial charge >= 0.3 is 0 Å². The summed E-state index contributed by atoms with van der Waals surface area (Å²) in [4.78, 5) is 25.4. The van der Waals surface area contributed by atoms with E-state index in [4.69, 9.17) is 16.3 Å². The molecule has 0 saturated carbocycles. The van der Waals surface area contributed by atoms with Crippen LogP contribution in [0.25, 0.3) is 0 Å². The Morgan fingerprint density at radius 3 is 2.48 bits per heavy atom. The number of carbonyl (C=O) groups is 2. The highest BCUT2D eigenvalue weighted by molar-refractivity contribution is 6.32. The van der Waals surface area contributed by atoms with Crippen LogP contribution in [0.4, 0.5) is 5.69 Å². The highest BCUT2D eigenvalue weighted by Gasteiger charge is 2.26. The smallest absolute Gasteiger partial charge is 0.227 e. The van der Waals surface area contributed by atoms with Gasteiger partial charge in [-0.05, 0) is 44.9 Å². The summed E-state index contributed by atoms with van der Waals surface area (Å²) in [6.07, 6.45) is 1.42. The minimum atomic E-state index is -0.0732. The zero-order chi connectivity index (χ0) is 17.0. The van der Waals surface area contributed by atoms with E-state index in [1.165, 1.54) is 0 Å². The van der Waals surface area contributed by atoms with E-state index in [1.807, 2.05) is 13.8 Å². The molecule has 2 amide bonds. The van der Waals surface area contributed by atoms with E-state index in [-0.39, 0.29) is 23.8 Å². The molecule has 5 nitrogen and oxygen atoms in total. The number of hydrogen-bond donors (Lipinski definition) is 1. The number of halogens is 1. The Morgan fingerprint density at radius 1 is 1.30 bits per heavy atom. The molecule has 1 fully saturated rings. The zero-order valence-electron chi connectivity index (χ0n) is 13.8. The molecule has 1 heterocycles. The van der Waals surface area contributed by atoms with Crippen molar-refractivity contribution in [2.75, 3.05) is 18.4 Å². The number of nitrogens with one attached hydrogen (secondary N) is 1. The third kappa shape index (κ3) is 4.86. The van der Waals surface area contributed by atoms with Crippen LogP contribution in [0.15, 0.2) is 18.2 Å². The van der Waals surface area contributed by atoms with Gasteiger partial charge in [-0.2, -0.15) is 0 Å². The lowest BCUT2D eigenvalue weighted by atomic mass is 9.96. The maximum atomic E-state index is 12.3. The molecule has 1 aliphatic heterocycles. The molecule has 126 valence electrons. The highest BCUT2D eigenvalue weighted by atomic mass is 35.5. The number of benzene rings is 1. The molecule has 1 saturated heterocycles. The van der Waals surface area contributed by atoms with Crippen molar-refractivity contribution >= 4 is 29.1 Å². The van der Waals surface area contributed by atoms with E-state index >= 15 is 0 Å². The summed E-state index contributed by atoms with van der Waals surface area (Å²) in [6, 6.07) is 5.24. The quantitative estimate of drug-likeness (QED) is 0.916. The molecular formula is C17H23ClN2O3. The minimum absolute atomic E-state index is 0.0261. The van der Waals surface area contributed by atoms with Crippen molar-refractivity contribution in [3.05, 3.63) is 23.2 Å². The first kappa shape index (κ1) is 17.6. The first-order valence-electron chi connectivity index (χ1n) is 7.89. The number of likely N-dealkylation sites (tertiary alicyclic amines) is 1. The number of rotatable bonds is 4. The summed E-state index contributed by atoms with van der Waals surface area (Å²) in [5, 5.41) is 3.37. The van der Waals surface area contributed by atoms with Gasteiger partial charge in [0, 0.05) is 31.6 Å². The van der Waals surface area contributed by atoms with Gasteiger partial charge < -0.3 is 15.0 Å². The van der Waals surface area contributed by atoms with Gasteiger partial charge in [0.25, 0.3) is 0 Å². The van der Waals surface area contributed by atoms with Gasteiger partial charge in [0.05, 0.1) is 11.1 Å². The molecular weight excluding hydrogens is 316 g/mol. The van der Waals surface area contributed by atoms with Gasteiger partial charge in [-0.3, -0.25) is 9.59 Å². The van der Waals surface area contributed by atoms with Crippen LogP contribution < -0.4 is 10.1 Å². The van der Waals surface area contributed by atoms with E-state index in [2.05, 4.69) is 5.32 Å². The first-order valence-corrected chi connectivity index (χ1v) is 8.27. The Morgan fingerprint density at radius 2 is 1.96 bits per heavy atom. The van der Waals surface area contributed by atoms with Crippen molar-refractivity contribution < 1.29 is 14.3 Å². The normalized spacial score (nSPS) is 15.6. The van der Waals surface area contributed by atoms with Crippen LogP contribution in [0, 0.1) is 5.92 Å². The first-order chi connectivity index (χ1) is 10.9. The molecule has 2 rings (SSSR count). The Bertz CT molecular complexity index is 581. The van der Waals surface area contributed by atoms with E-state index in [0.717, 1.165) is 0 Å². The second-order valence-electron chi connectivity index (χ2n) is 6.08. The summed E-state index contributed by atoms with van der Waals surface area (Å²) >= 11 is 6.18. The molecule has 0 atom stereocenters. The van der Waals surface area contributed by atoms with Crippen molar-refractivity contribution in [1.82, 2.24) is 4.90 Å². The van der Waals surface area contributed by atoms with Gasteiger partial charge in [0.2, 0.25) is 11.8 Å². The van der Waals surface area contributed by atoms with Crippen LogP contribution >= 0.6 is 11.6 Å². The predicted molar refractivity (Wildman–Crippen MR) is 90.8 cm³/mol. The number of hydrogen-bond acceptors (Lipinski definition) is 3. The Balaban J connectivity index is 1.93. The Labute approximate surface area is 141 Å². The monoisotopic (exact) mass is 338 g/mol. The van der Waals surface area contributed by atoms with Crippen LogP contribution in [0.2, 0.25) is 5.02 Å². The number of ether oxygens (including phenoxy) is 1. The van der Waals surface area contributed by atoms with Crippen molar-refractivity contribution in [2.24, 2.45) is 5.92 Å². The standard InChI is InChI=1S/C17H23ClN2O3/c1-11(2)23-16-5-4-14(10-15(16)18)19-17(22)13-6-8-20(9-7-13)12(3)21/h4-5,10-11,13H,6-9H2,1-3H3,(H,19,22). The molecule has 6 heteroatoms. The molecule has 1 aliphatic rings. The third-order valence-electron chi connectivity index (χ3n) is 3.87. The molecule has 0 unspecified atom stereocenters. The number of piperidine rings is 1. The molecule has 0 spiro atoms. The van der Waals surface area contributed by atoms with Crippen molar-refractivity contribution in [3.63, 3.8) is 0 Å². The fourth-order valence-corrected chi connectivity index (χ4v) is 2.85. The van der Waals surface area contributed by atoms with Gasteiger partial charge in [-0.15, -0.1) is 0 Å². The number of nitrogens with zero attached hydrogens (tertiary/aromatic N) is 1. The van der Waals surface area contributed by atoms with Crippen LogP contribution in [-0.4, -0.2) is 35.9 Å². The molecule has 0 aliphatic carbocycles. The van der Waals surface area contributed by atoms with Crippen LogP contribution in [0.3, 0.4) is 0 Å². The van der Waals surface area contributed by atoms with Crippen LogP contribution in [0.1, 0.15) is 33.6 Å². The van der Waals surface area contributed by atoms with E-state index in [9.17, 15) is 9.59 Å². The Hall–Kier alpha value is -1.75. The SMILES string of the molecule is CC(=O)N1CCC(C(=O)Nc2ccc(OC(C)C)c(Cl)c2)CC1. The van der Waals surface area contributed by atoms with Gasteiger partial charge in [0.15, 0.2) is 0 Å². The zero-order valence-corrected chi connectivity index (χ0v) is 14.5. The summed E-state index contributed by atoms with van der Waals surface area (Å²) in [5.41, 5.74) is 0.658. The Kier molecular flexibility index (Phi) is 5.88. The second-order valence-corrected chi connectivity index (χ2v) is 6.49. The summed E-state index contributed by atoms with van der Waals surface area (Å²) in [6.45, 7) is 6.69. The maximum Gasteiger partial charge on any atom is 0.227 e. The lowest BCUT2D eigenvalue weighted by Crippen LogP contribution is -2.40. The summed E-state index contributed by atoms with van der Waals surface area (Å²) in [5.74, 6) is 0.573. The molecule has 1 N–H and O–H groups in total. The molecule has 0 aromatic heterocycles. The molecule has 1 aromatic carbocycles. The van der Waals surface area contributed by atoms with Gasteiger partial charge in [0.1, 0.15) is 5.75 Å². The predicted octanol–water partition coefficient (Wildman–Crippen LogP) is 3.32. The number of amides is 2. The van der Waals surface area contributed by atoms with Crippen molar-refractivity contribution in [3.8, 4) is 5.75 Å². The van der Waals surface area contributed by atoms with E-state index in [1.54, 1.807) is 30.0 Å². The minimum Gasteiger partial charge on any atom is -0.489 e. The van der Waals surface area contributed by atoms with Crippen LogP contribution in [0.5, 0.6) is 5.75 Å². The molecule has 1 aromatic rings. The van der Waals surface area contributed by atoms with Gasteiger partial charge in [-0.25, -0.2) is 0 Å². The van der Waals surface area contributed by atoms with E-state index < -0.39 is 0 Å². The van der Waals surface area contributed by atoms with E-state index in [0.29, 0.717) is 42.4 Å². The average Bonchev–Trinajstić information content (AvgIpc) is 2.49. The van der Waals surface area contributed by atoms with Crippen molar-refractivity contribution in [2.45, 2.75) is 39.7 Å². The average molecular weight is 339 g/mol. The number of carbonyl (C=O) groups excluding carboxylic acids is 2. The molecule has 23 heavy (non-hydrogen) atoms. The van der Waals surface area contributed by atoms with Crippen molar-refractivity contribution in [1.29, 1.82) is 0 Å². The second kappa shape index (κ2) is 7.68. The molecule has 0 radical (unpaired) electrons. The summed E-state index contributed by atoms with van der Waals surface area (Å²) in [7, 11) is 0. The van der Waals surface area contributed by atoms with Gasteiger partial charge in [-0.1, -0.05) is 11.6 Å². The topological polar surface area (TPSA) is 58.6 Å². The molecule has 0 bridgehead atoms. The lowest BCUT2D eigenvalue weighted by molar-refractivity contribution is -0.132. The third-order valence-corrected chi connectivity index (χ3v) is 4.17. The number of anilines is 1. The highest BCUT2D eigenvalue weighted by Crippen LogP contribution is 2.29. The summed E-state index contributed by atoms with van der Waals surface area (Å²) < 4.78 is 5.57. The maximum absolute atomic E-state index is 12.3. The largest absolute Gasteiger partial charge is 0.489 e. The fraction of sp³-hybridized carbons (Fsp3) is 0.529. The fourth-order valence-electron chi connectivity index (χ4n) is 2.63. The van der Waals surface area contributed by atoms with Crippen LogP contribution in [-0.2, 0) is 9.59 Å².